The van der Waals surface area contributed by atoms with Gasteiger partial charge in [-0.3, -0.25) is 4.79 Å². The third-order valence-electron chi connectivity index (χ3n) is 2.43. The maximum atomic E-state index is 11.9. The predicted molar refractivity (Wildman–Crippen MR) is 61.4 cm³/mol. The highest BCUT2D eigenvalue weighted by Gasteiger charge is 2.16. The summed E-state index contributed by atoms with van der Waals surface area (Å²) in [5.41, 5.74) is 0.553. The first-order valence-electron chi connectivity index (χ1n) is 5.40. The van der Waals surface area contributed by atoms with E-state index in [1.54, 1.807) is 25.3 Å². The first kappa shape index (κ1) is 11.7. The molecule has 1 aliphatic rings. The lowest BCUT2D eigenvalue weighted by Gasteiger charge is -2.12. The highest BCUT2D eigenvalue weighted by molar-refractivity contribution is 5.95. The van der Waals surface area contributed by atoms with Crippen LogP contribution in [0, 0.1) is 0 Å². The van der Waals surface area contributed by atoms with E-state index in [4.69, 9.17) is 14.2 Å². The van der Waals surface area contributed by atoms with Crippen LogP contribution in [0.4, 0.5) is 0 Å². The van der Waals surface area contributed by atoms with Crippen LogP contribution in [0.25, 0.3) is 0 Å². The molecule has 1 aromatic rings. The maximum absolute atomic E-state index is 11.9. The third-order valence-corrected chi connectivity index (χ3v) is 2.43. The fraction of sp³-hybridized carbons (Fsp3) is 0.417. The second-order valence-electron chi connectivity index (χ2n) is 3.90. The van der Waals surface area contributed by atoms with Crippen LogP contribution >= 0.6 is 0 Å². The number of hydrogen-bond donors (Lipinski definition) is 1. The summed E-state index contributed by atoms with van der Waals surface area (Å²) in [6, 6.07) is 5.09. The van der Waals surface area contributed by atoms with E-state index < -0.39 is 0 Å². The molecule has 0 bridgehead atoms. The molecule has 1 atom stereocenters. The van der Waals surface area contributed by atoms with E-state index in [-0.39, 0.29) is 18.7 Å². The molecule has 1 unspecified atom stereocenters. The molecule has 1 aromatic carbocycles. The van der Waals surface area contributed by atoms with Crippen molar-refractivity contribution < 1.29 is 19.0 Å². The standard InChI is InChI=1S/C12H15NO4/c1-8(6-15-2)13-12(14)9-3-4-10-11(5-9)17-7-16-10/h3-5,8H,6-7H2,1-2H3,(H,13,14). The molecule has 5 heteroatoms. The Balaban J connectivity index is 2.04. The van der Waals surface area contributed by atoms with E-state index in [1.165, 1.54) is 0 Å². The van der Waals surface area contributed by atoms with Crippen molar-refractivity contribution >= 4 is 5.91 Å². The largest absolute Gasteiger partial charge is 0.454 e. The number of carbonyl (C=O) groups excluding carboxylic acids is 1. The van der Waals surface area contributed by atoms with Crippen molar-refractivity contribution in [2.45, 2.75) is 13.0 Å². The molecule has 0 aliphatic carbocycles. The van der Waals surface area contributed by atoms with Crippen LogP contribution in [0.5, 0.6) is 11.5 Å². The average Bonchev–Trinajstić information content (AvgIpc) is 2.75. The predicted octanol–water partition coefficient (Wildman–Crippen LogP) is 1.18. The fourth-order valence-electron chi connectivity index (χ4n) is 1.64. The number of amides is 1. The number of methoxy groups -OCH3 is 1. The van der Waals surface area contributed by atoms with Crippen LogP contribution < -0.4 is 14.8 Å². The van der Waals surface area contributed by atoms with Gasteiger partial charge in [-0.2, -0.15) is 0 Å². The van der Waals surface area contributed by atoms with Crippen molar-refractivity contribution in [3.63, 3.8) is 0 Å². The lowest BCUT2D eigenvalue weighted by atomic mass is 10.2. The molecular weight excluding hydrogens is 222 g/mol. The molecule has 5 nitrogen and oxygen atoms in total. The van der Waals surface area contributed by atoms with Crippen molar-refractivity contribution in [3.05, 3.63) is 23.8 Å². The Hall–Kier alpha value is -1.75. The summed E-state index contributed by atoms with van der Waals surface area (Å²) in [5.74, 6) is 1.14. The van der Waals surface area contributed by atoms with Gasteiger partial charge in [0.15, 0.2) is 11.5 Å². The molecule has 1 N–H and O–H groups in total. The second-order valence-corrected chi connectivity index (χ2v) is 3.90. The van der Waals surface area contributed by atoms with Gasteiger partial charge in [-0.1, -0.05) is 0 Å². The third kappa shape index (κ3) is 2.68. The van der Waals surface area contributed by atoms with Gasteiger partial charge in [-0.25, -0.2) is 0 Å². The van der Waals surface area contributed by atoms with Gasteiger partial charge >= 0.3 is 0 Å². The normalized spacial score (nSPS) is 14.5. The van der Waals surface area contributed by atoms with Crippen molar-refractivity contribution in [2.24, 2.45) is 0 Å². The maximum Gasteiger partial charge on any atom is 0.251 e. The number of carbonyl (C=O) groups is 1. The molecular formula is C12H15NO4. The molecule has 17 heavy (non-hydrogen) atoms. The zero-order valence-electron chi connectivity index (χ0n) is 9.86. The summed E-state index contributed by atoms with van der Waals surface area (Å²) >= 11 is 0. The monoisotopic (exact) mass is 237 g/mol. The summed E-state index contributed by atoms with van der Waals surface area (Å²) < 4.78 is 15.3. The Kier molecular flexibility index (Phi) is 3.49. The minimum Gasteiger partial charge on any atom is -0.454 e. The van der Waals surface area contributed by atoms with Gasteiger partial charge in [0.1, 0.15) is 0 Å². The number of rotatable bonds is 4. The lowest BCUT2D eigenvalue weighted by molar-refractivity contribution is 0.0905. The molecule has 2 rings (SSSR count). The molecule has 1 heterocycles. The molecule has 1 aliphatic heterocycles. The van der Waals surface area contributed by atoms with Crippen molar-refractivity contribution in [1.82, 2.24) is 5.32 Å². The van der Waals surface area contributed by atoms with Crippen molar-refractivity contribution in [1.29, 1.82) is 0 Å². The van der Waals surface area contributed by atoms with Gasteiger partial charge in [0.25, 0.3) is 5.91 Å². The fourth-order valence-corrected chi connectivity index (χ4v) is 1.64. The molecule has 0 radical (unpaired) electrons. The zero-order chi connectivity index (χ0) is 12.3. The van der Waals surface area contributed by atoms with Gasteiger partial charge in [-0.05, 0) is 25.1 Å². The Morgan fingerprint density at radius 1 is 1.47 bits per heavy atom. The number of hydrogen-bond acceptors (Lipinski definition) is 4. The van der Waals surface area contributed by atoms with E-state index >= 15 is 0 Å². The van der Waals surface area contributed by atoms with Crippen LogP contribution in [0.15, 0.2) is 18.2 Å². The SMILES string of the molecule is COCC(C)NC(=O)c1ccc2c(c1)OCO2. The van der Waals surface area contributed by atoms with Gasteiger partial charge < -0.3 is 19.5 Å². The topological polar surface area (TPSA) is 56.8 Å². The molecule has 1 amide bonds. The van der Waals surface area contributed by atoms with Crippen LogP contribution in [-0.4, -0.2) is 32.5 Å². The van der Waals surface area contributed by atoms with Gasteiger partial charge in [0.05, 0.1) is 6.61 Å². The number of fused-ring (bicyclic) bond motifs is 1. The summed E-state index contributed by atoms with van der Waals surface area (Å²) in [4.78, 5) is 11.9. The molecule has 0 spiro atoms. The quantitative estimate of drug-likeness (QED) is 0.854. The summed E-state index contributed by atoms with van der Waals surface area (Å²) in [6.45, 7) is 2.57. The minimum absolute atomic E-state index is 0.0297. The van der Waals surface area contributed by atoms with E-state index in [0.29, 0.717) is 23.7 Å². The zero-order valence-corrected chi connectivity index (χ0v) is 9.86. The number of nitrogens with one attached hydrogen (secondary N) is 1. The molecule has 0 aromatic heterocycles. The molecule has 92 valence electrons. The van der Waals surface area contributed by atoms with Gasteiger partial charge in [0, 0.05) is 18.7 Å². The van der Waals surface area contributed by atoms with Crippen LogP contribution in [-0.2, 0) is 4.74 Å². The van der Waals surface area contributed by atoms with Crippen LogP contribution in [0.1, 0.15) is 17.3 Å². The smallest absolute Gasteiger partial charge is 0.251 e. The second kappa shape index (κ2) is 5.05. The van der Waals surface area contributed by atoms with Gasteiger partial charge in [0.2, 0.25) is 6.79 Å². The average molecular weight is 237 g/mol. The Bertz CT molecular complexity index is 419. The van der Waals surface area contributed by atoms with Crippen molar-refractivity contribution in [2.75, 3.05) is 20.5 Å². The van der Waals surface area contributed by atoms with E-state index in [2.05, 4.69) is 5.32 Å². The first-order valence-corrected chi connectivity index (χ1v) is 5.40. The highest BCUT2D eigenvalue weighted by atomic mass is 16.7. The molecule has 0 fully saturated rings. The highest BCUT2D eigenvalue weighted by Crippen LogP contribution is 2.32. The van der Waals surface area contributed by atoms with E-state index in [1.807, 2.05) is 6.92 Å². The summed E-state index contributed by atoms with van der Waals surface area (Å²) in [6.07, 6.45) is 0. The van der Waals surface area contributed by atoms with Crippen LogP contribution in [0.3, 0.4) is 0 Å². The minimum atomic E-state index is -0.146. The summed E-state index contributed by atoms with van der Waals surface area (Å²) in [7, 11) is 1.60. The number of ether oxygens (including phenoxy) is 3. The molecule has 0 saturated carbocycles. The van der Waals surface area contributed by atoms with E-state index in [9.17, 15) is 4.79 Å². The van der Waals surface area contributed by atoms with Crippen molar-refractivity contribution in [3.8, 4) is 11.5 Å². The summed E-state index contributed by atoms with van der Waals surface area (Å²) in [5, 5.41) is 2.83. The number of benzene rings is 1. The van der Waals surface area contributed by atoms with Gasteiger partial charge in [-0.15, -0.1) is 0 Å². The first-order chi connectivity index (χ1) is 8.20. The lowest BCUT2D eigenvalue weighted by Crippen LogP contribution is -2.35. The van der Waals surface area contributed by atoms with Crippen LogP contribution in [0.2, 0.25) is 0 Å². The Labute approximate surface area is 99.7 Å². The Morgan fingerprint density at radius 2 is 2.24 bits per heavy atom. The Morgan fingerprint density at radius 3 is 3.00 bits per heavy atom. The van der Waals surface area contributed by atoms with E-state index in [0.717, 1.165) is 0 Å². The molecule has 0 saturated heterocycles.